The highest BCUT2D eigenvalue weighted by Crippen LogP contribution is 2.26. The van der Waals surface area contributed by atoms with E-state index in [1.807, 2.05) is 41.3 Å². The van der Waals surface area contributed by atoms with E-state index >= 15 is 0 Å². The summed E-state index contributed by atoms with van der Waals surface area (Å²) in [5, 5.41) is 1.05. The van der Waals surface area contributed by atoms with Crippen LogP contribution in [-0.4, -0.2) is 38.8 Å². The molecule has 0 unspecified atom stereocenters. The summed E-state index contributed by atoms with van der Waals surface area (Å²) in [6.45, 7) is 1.44. The number of para-hydroxylation sites is 1. The predicted octanol–water partition coefficient (Wildman–Crippen LogP) is 3.04. The van der Waals surface area contributed by atoms with Crippen molar-refractivity contribution in [2.45, 2.75) is 18.8 Å². The van der Waals surface area contributed by atoms with Crippen molar-refractivity contribution >= 4 is 16.8 Å². The molecule has 0 aliphatic carbocycles. The number of amides is 1. The van der Waals surface area contributed by atoms with Crippen LogP contribution in [0, 0.1) is 0 Å². The molecule has 0 bridgehead atoms. The fraction of sp³-hybridized carbons (Fsp3) is 0.263. The Morgan fingerprint density at radius 2 is 2.04 bits per heavy atom. The Morgan fingerprint density at radius 3 is 2.92 bits per heavy atom. The highest BCUT2D eigenvalue weighted by atomic mass is 16.2. The molecule has 5 nitrogen and oxygen atoms in total. The number of fused-ring (bicyclic) bond motifs is 1. The number of hydrogen-bond acceptors (Lipinski definition) is 4. The number of pyridine rings is 1. The van der Waals surface area contributed by atoms with E-state index in [4.69, 9.17) is 0 Å². The first-order valence-corrected chi connectivity index (χ1v) is 8.22. The Kier molecular flexibility index (Phi) is 3.91. The third-order valence-electron chi connectivity index (χ3n) is 4.53. The van der Waals surface area contributed by atoms with Crippen LogP contribution >= 0.6 is 0 Å². The second-order valence-electron chi connectivity index (χ2n) is 6.11. The summed E-state index contributed by atoms with van der Waals surface area (Å²) < 4.78 is 0. The van der Waals surface area contributed by atoms with E-state index in [1.54, 1.807) is 18.6 Å². The van der Waals surface area contributed by atoms with Gasteiger partial charge in [-0.3, -0.25) is 14.8 Å². The predicted molar refractivity (Wildman–Crippen MR) is 91.7 cm³/mol. The van der Waals surface area contributed by atoms with Crippen molar-refractivity contribution in [2.24, 2.45) is 0 Å². The molecule has 1 saturated heterocycles. The van der Waals surface area contributed by atoms with Gasteiger partial charge in [-0.25, -0.2) is 4.98 Å². The molecule has 5 heteroatoms. The average molecular weight is 318 g/mol. The molecule has 1 atom stereocenters. The molecule has 24 heavy (non-hydrogen) atoms. The van der Waals surface area contributed by atoms with E-state index < -0.39 is 0 Å². The standard InChI is InChI=1S/C19H18N4O/c24-19(17-8-7-14-4-1-2-6-16(14)22-17)23-11-3-5-15(13-23)18-12-20-9-10-21-18/h1-2,4,6-10,12,15H,3,5,11,13H2/t15-/m0/s1. The maximum Gasteiger partial charge on any atom is 0.272 e. The Morgan fingerprint density at radius 1 is 1.12 bits per heavy atom. The lowest BCUT2D eigenvalue weighted by Crippen LogP contribution is -2.39. The second-order valence-corrected chi connectivity index (χ2v) is 6.11. The molecule has 1 amide bonds. The number of rotatable bonds is 2. The van der Waals surface area contributed by atoms with Crippen LogP contribution in [0.25, 0.3) is 10.9 Å². The first-order chi connectivity index (χ1) is 11.8. The third-order valence-corrected chi connectivity index (χ3v) is 4.53. The van der Waals surface area contributed by atoms with Crippen molar-refractivity contribution < 1.29 is 4.79 Å². The summed E-state index contributed by atoms with van der Waals surface area (Å²) in [4.78, 5) is 27.8. The van der Waals surface area contributed by atoms with Crippen LogP contribution in [0.1, 0.15) is 34.9 Å². The zero-order valence-electron chi connectivity index (χ0n) is 13.3. The zero-order valence-corrected chi connectivity index (χ0v) is 13.3. The molecule has 1 aliphatic heterocycles. The molecule has 1 fully saturated rings. The summed E-state index contributed by atoms with van der Waals surface area (Å²) in [5.41, 5.74) is 2.32. The van der Waals surface area contributed by atoms with Gasteiger partial charge in [0.25, 0.3) is 5.91 Å². The van der Waals surface area contributed by atoms with Gasteiger partial charge in [-0.05, 0) is 25.0 Å². The Labute approximate surface area is 140 Å². The summed E-state index contributed by atoms with van der Waals surface area (Å²) in [7, 11) is 0. The van der Waals surface area contributed by atoms with Gasteiger partial charge in [-0.1, -0.05) is 24.3 Å². The summed E-state index contributed by atoms with van der Waals surface area (Å²) in [5.74, 6) is 0.242. The average Bonchev–Trinajstić information content (AvgIpc) is 2.68. The molecule has 0 N–H and O–H groups in total. The van der Waals surface area contributed by atoms with Crippen molar-refractivity contribution in [3.63, 3.8) is 0 Å². The van der Waals surface area contributed by atoms with Crippen LogP contribution < -0.4 is 0 Å². The second kappa shape index (κ2) is 6.35. The normalized spacial score (nSPS) is 17.8. The van der Waals surface area contributed by atoms with E-state index in [9.17, 15) is 4.79 Å². The fourth-order valence-corrected chi connectivity index (χ4v) is 3.27. The molecule has 3 aromatic rings. The summed E-state index contributed by atoms with van der Waals surface area (Å²) in [6, 6.07) is 11.6. The van der Waals surface area contributed by atoms with Crippen LogP contribution in [-0.2, 0) is 0 Å². The molecule has 2 aromatic heterocycles. The SMILES string of the molecule is O=C(c1ccc2ccccc2n1)N1CCC[C@H](c2cnccn2)C1. The van der Waals surface area contributed by atoms with Gasteiger partial charge in [-0.15, -0.1) is 0 Å². The molecule has 3 heterocycles. The maximum atomic E-state index is 12.8. The molecular formula is C19H18N4O. The Hall–Kier alpha value is -2.82. The van der Waals surface area contributed by atoms with Gasteiger partial charge < -0.3 is 4.90 Å². The van der Waals surface area contributed by atoms with Gasteiger partial charge in [-0.2, -0.15) is 0 Å². The van der Waals surface area contributed by atoms with Crippen LogP contribution in [0.3, 0.4) is 0 Å². The number of likely N-dealkylation sites (tertiary alicyclic amines) is 1. The number of carbonyl (C=O) groups is 1. The zero-order chi connectivity index (χ0) is 16.4. The molecule has 4 rings (SSSR count). The van der Waals surface area contributed by atoms with Crippen molar-refractivity contribution in [3.05, 3.63) is 66.4 Å². The van der Waals surface area contributed by atoms with Crippen LogP contribution in [0.2, 0.25) is 0 Å². The lowest BCUT2D eigenvalue weighted by Gasteiger charge is -2.32. The molecule has 0 saturated carbocycles. The molecular weight excluding hydrogens is 300 g/mol. The number of carbonyl (C=O) groups excluding carboxylic acids is 1. The molecule has 0 spiro atoms. The van der Waals surface area contributed by atoms with Crippen molar-refractivity contribution in [1.82, 2.24) is 19.9 Å². The Balaban J connectivity index is 1.56. The van der Waals surface area contributed by atoms with Gasteiger partial charge in [0.05, 0.1) is 11.2 Å². The lowest BCUT2D eigenvalue weighted by atomic mass is 9.95. The first kappa shape index (κ1) is 14.8. The quantitative estimate of drug-likeness (QED) is 0.728. The van der Waals surface area contributed by atoms with Crippen molar-refractivity contribution in [1.29, 1.82) is 0 Å². The first-order valence-electron chi connectivity index (χ1n) is 8.22. The monoisotopic (exact) mass is 318 g/mol. The third kappa shape index (κ3) is 2.85. The van der Waals surface area contributed by atoms with Gasteiger partial charge in [0.1, 0.15) is 5.69 Å². The smallest absolute Gasteiger partial charge is 0.272 e. The number of piperidine rings is 1. The van der Waals surface area contributed by atoms with Gasteiger partial charge in [0, 0.05) is 43.0 Å². The molecule has 120 valence electrons. The summed E-state index contributed by atoms with van der Waals surface area (Å²) >= 11 is 0. The minimum absolute atomic E-state index is 0.00524. The topological polar surface area (TPSA) is 59.0 Å². The van der Waals surface area contributed by atoms with Crippen LogP contribution in [0.15, 0.2) is 55.0 Å². The van der Waals surface area contributed by atoms with Gasteiger partial charge in [0.2, 0.25) is 0 Å². The number of nitrogens with zero attached hydrogens (tertiary/aromatic N) is 4. The van der Waals surface area contributed by atoms with Crippen molar-refractivity contribution in [3.8, 4) is 0 Å². The fourth-order valence-electron chi connectivity index (χ4n) is 3.27. The number of benzene rings is 1. The molecule has 1 aromatic carbocycles. The Bertz CT molecular complexity index is 865. The largest absolute Gasteiger partial charge is 0.337 e. The maximum absolute atomic E-state index is 12.8. The van der Waals surface area contributed by atoms with Crippen LogP contribution in [0.5, 0.6) is 0 Å². The summed E-state index contributed by atoms with van der Waals surface area (Å²) in [6.07, 6.45) is 7.19. The van der Waals surface area contributed by atoms with Crippen molar-refractivity contribution in [2.75, 3.05) is 13.1 Å². The molecule has 0 radical (unpaired) electrons. The van der Waals surface area contributed by atoms with E-state index in [0.717, 1.165) is 36.0 Å². The van der Waals surface area contributed by atoms with Gasteiger partial charge >= 0.3 is 0 Å². The number of hydrogen-bond donors (Lipinski definition) is 0. The van der Waals surface area contributed by atoms with E-state index in [2.05, 4.69) is 15.0 Å². The minimum Gasteiger partial charge on any atom is -0.337 e. The minimum atomic E-state index is -0.00524. The molecule has 1 aliphatic rings. The number of aromatic nitrogens is 3. The van der Waals surface area contributed by atoms with Gasteiger partial charge in [0.15, 0.2) is 0 Å². The van der Waals surface area contributed by atoms with Crippen LogP contribution in [0.4, 0.5) is 0 Å². The lowest BCUT2D eigenvalue weighted by molar-refractivity contribution is 0.0700. The highest BCUT2D eigenvalue weighted by Gasteiger charge is 2.27. The van der Waals surface area contributed by atoms with E-state index in [1.165, 1.54) is 0 Å². The highest BCUT2D eigenvalue weighted by molar-refractivity contribution is 5.95. The van der Waals surface area contributed by atoms with E-state index in [-0.39, 0.29) is 11.8 Å². The van der Waals surface area contributed by atoms with E-state index in [0.29, 0.717) is 12.2 Å².